The minimum absolute atomic E-state index is 0.0203. The first-order chi connectivity index (χ1) is 10.9. The van der Waals surface area contributed by atoms with Crippen molar-refractivity contribution in [3.05, 3.63) is 28.3 Å². The zero-order chi connectivity index (χ0) is 17.0. The molecule has 0 aromatic heterocycles. The fourth-order valence-electron chi connectivity index (χ4n) is 2.81. The molecular formula is C17H23ClN2O3. The number of benzene rings is 1. The highest BCUT2D eigenvalue weighted by atomic mass is 35.5. The molecule has 126 valence electrons. The van der Waals surface area contributed by atoms with Crippen LogP contribution in [-0.2, 0) is 16.1 Å². The van der Waals surface area contributed by atoms with Crippen molar-refractivity contribution in [3.8, 4) is 5.75 Å². The molecular weight excluding hydrogens is 316 g/mol. The molecule has 0 spiro atoms. The first-order valence-corrected chi connectivity index (χ1v) is 8.16. The second-order valence-electron chi connectivity index (χ2n) is 5.91. The Morgan fingerprint density at radius 2 is 2.00 bits per heavy atom. The molecule has 1 aromatic carbocycles. The molecule has 2 rings (SSSR count). The van der Waals surface area contributed by atoms with E-state index in [1.807, 2.05) is 19.1 Å². The third-order valence-electron chi connectivity index (χ3n) is 4.33. The lowest BCUT2D eigenvalue weighted by Gasteiger charge is -2.30. The van der Waals surface area contributed by atoms with Gasteiger partial charge in [0.1, 0.15) is 5.75 Å². The number of amides is 2. The molecule has 6 heteroatoms. The van der Waals surface area contributed by atoms with E-state index < -0.39 is 0 Å². The maximum atomic E-state index is 12.3. The van der Waals surface area contributed by atoms with Crippen LogP contribution in [0.4, 0.5) is 0 Å². The molecule has 1 aliphatic heterocycles. The van der Waals surface area contributed by atoms with Gasteiger partial charge in [-0.2, -0.15) is 0 Å². The Morgan fingerprint density at radius 3 is 2.57 bits per heavy atom. The van der Waals surface area contributed by atoms with Gasteiger partial charge in [0, 0.05) is 43.1 Å². The first-order valence-electron chi connectivity index (χ1n) is 7.78. The summed E-state index contributed by atoms with van der Waals surface area (Å²) in [7, 11) is 1.60. The topological polar surface area (TPSA) is 58.6 Å². The van der Waals surface area contributed by atoms with Gasteiger partial charge < -0.3 is 15.0 Å². The molecule has 1 fully saturated rings. The number of methoxy groups -OCH3 is 1. The van der Waals surface area contributed by atoms with Crippen LogP contribution in [0.2, 0.25) is 5.02 Å². The molecule has 1 saturated heterocycles. The van der Waals surface area contributed by atoms with E-state index in [0.29, 0.717) is 37.5 Å². The Labute approximate surface area is 141 Å². The summed E-state index contributed by atoms with van der Waals surface area (Å²) in [6, 6.07) is 3.70. The van der Waals surface area contributed by atoms with Crippen LogP contribution in [0.3, 0.4) is 0 Å². The van der Waals surface area contributed by atoms with Crippen LogP contribution in [0, 0.1) is 12.8 Å². The summed E-state index contributed by atoms with van der Waals surface area (Å²) >= 11 is 6.15. The smallest absolute Gasteiger partial charge is 0.223 e. The van der Waals surface area contributed by atoms with E-state index in [1.54, 1.807) is 18.9 Å². The molecule has 0 radical (unpaired) electrons. The van der Waals surface area contributed by atoms with Gasteiger partial charge in [0.2, 0.25) is 11.8 Å². The molecule has 1 N–H and O–H groups in total. The second-order valence-corrected chi connectivity index (χ2v) is 6.32. The molecule has 23 heavy (non-hydrogen) atoms. The summed E-state index contributed by atoms with van der Waals surface area (Å²) in [6.45, 7) is 5.15. The van der Waals surface area contributed by atoms with Crippen molar-refractivity contribution in [1.29, 1.82) is 0 Å². The molecule has 0 atom stereocenters. The number of halogens is 1. The number of aryl methyl sites for hydroxylation is 1. The summed E-state index contributed by atoms with van der Waals surface area (Å²) in [5, 5.41) is 3.61. The van der Waals surface area contributed by atoms with E-state index in [1.165, 1.54) is 0 Å². The minimum Gasteiger partial charge on any atom is -0.496 e. The van der Waals surface area contributed by atoms with Gasteiger partial charge >= 0.3 is 0 Å². The van der Waals surface area contributed by atoms with Crippen LogP contribution in [0.25, 0.3) is 0 Å². The normalized spacial score (nSPS) is 15.4. The molecule has 0 aliphatic carbocycles. The molecule has 1 heterocycles. The van der Waals surface area contributed by atoms with Gasteiger partial charge in [0.05, 0.1) is 7.11 Å². The quantitative estimate of drug-likeness (QED) is 0.917. The molecule has 0 bridgehead atoms. The van der Waals surface area contributed by atoms with Crippen molar-refractivity contribution in [1.82, 2.24) is 10.2 Å². The van der Waals surface area contributed by atoms with Crippen LogP contribution < -0.4 is 10.1 Å². The van der Waals surface area contributed by atoms with Crippen LogP contribution in [0.5, 0.6) is 5.75 Å². The number of piperidine rings is 1. The van der Waals surface area contributed by atoms with Gasteiger partial charge in [-0.1, -0.05) is 11.6 Å². The van der Waals surface area contributed by atoms with Crippen LogP contribution >= 0.6 is 11.6 Å². The predicted octanol–water partition coefficient (Wildman–Crippen LogP) is 2.53. The highest BCUT2D eigenvalue weighted by Crippen LogP contribution is 2.26. The van der Waals surface area contributed by atoms with E-state index >= 15 is 0 Å². The fourth-order valence-corrected chi connectivity index (χ4v) is 2.99. The second kappa shape index (κ2) is 7.68. The average molecular weight is 339 g/mol. The number of rotatable bonds is 4. The van der Waals surface area contributed by atoms with E-state index in [9.17, 15) is 9.59 Å². The highest BCUT2D eigenvalue weighted by molar-refractivity contribution is 6.31. The maximum absolute atomic E-state index is 12.3. The molecule has 0 unspecified atom stereocenters. The Bertz CT molecular complexity index is 596. The largest absolute Gasteiger partial charge is 0.496 e. The van der Waals surface area contributed by atoms with Crippen molar-refractivity contribution in [3.63, 3.8) is 0 Å². The number of carbonyl (C=O) groups excluding carboxylic acids is 2. The third kappa shape index (κ3) is 4.38. The summed E-state index contributed by atoms with van der Waals surface area (Å²) in [4.78, 5) is 25.4. The fraction of sp³-hybridized carbons (Fsp3) is 0.529. The summed E-state index contributed by atoms with van der Waals surface area (Å²) < 4.78 is 5.35. The monoisotopic (exact) mass is 338 g/mol. The third-order valence-corrected chi connectivity index (χ3v) is 4.73. The number of nitrogens with zero attached hydrogens (tertiary/aromatic N) is 1. The maximum Gasteiger partial charge on any atom is 0.223 e. The zero-order valence-electron chi connectivity index (χ0n) is 13.8. The van der Waals surface area contributed by atoms with Crippen molar-refractivity contribution in [2.24, 2.45) is 5.92 Å². The number of carbonyl (C=O) groups is 2. The molecule has 1 aliphatic rings. The number of ether oxygens (including phenoxy) is 1. The number of hydrogen-bond acceptors (Lipinski definition) is 3. The van der Waals surface area contributed by atoms with E-state index in [4.69, 9.17) is 16.3 Å². The van der Waals surface area contributed by atoms with Crippen LogP contribution in [0.15, 0.2) is 12.1 Å². The van der Waals surface area contributed by atoms with Gasteiger partial charge in [-0.25, -0.2) is 0 Å². The van der Waals surface area contributed by atoms with Crippen molar-refractivity contribution in [2.45, 2.75) is 33.2 Å². The Balaban J connectivity index is 1.92. The molecule has 0 saturated carbocycles. The highest BCUT2D eigenvalue weighted by Gasteiger charge is 2.25. The van der Waals surface area contributed by atoms with Gasteiger partial charge in [0.25, 0.3) is 0 Å². The minimum atomic E-state index is -0.0440. The van der Waals surface area contributed by atoms with E-state index in [-0.39, 0.29) is 17.7 Å². The Kier molecular flexibility index (Phi) is 5.88. The standard InChI is InChI=1S/C17H23ClN2O3/c1-11-8-16(23-3)14(9-15(11)18)10-19-17(22)13-4-6-20(7-5-13)12(2)21/h8-9,13H,4-7,10H2,1-3H3,(H,19,22). The Hall–Kier alpha value is -1.75. The van der Waals surface area contributed by atoms with Crippen molar-refractivity contribution in [2.75, 3.05) is 20.2 Å². The Morgan fingerprint density at radius 1 is 1.35 bits per heavy atom. The number of hydrogen-bond donors (Lipinski definition) is 1. The van der Waals surface area contributed by atoms with Crippen LogP contribution in [-0.4, -0.2) is 36.9 Å². The number of likely N-dealkylation sites (tertiary alicyclic amines) is 1. The van der Waals surface area contributed by atoms with Crippen molar-refractivity contribution >= 4 is 23.4 Å². The lowest BCUT2D eigenvalue weighted by Crippen LogP contribution is -2.42. The summed E-state index contributed by atoms with van der Waals surface area (Å²) in [6.07, 6.45) is 1.41. The lowest BCUT2D eigenvalue weighted by atomic mass is 9.96. The van der Waals surface area contributed by atoms with Gasteiger partial charge in [-0.05, 0) is 37.5 Å². The summed E-state index contributed by atoms with van der Waals surface area (Å²) in [5.74, 6) is 0.769. The summed E-state index contributed by atoms with van der Waals surface area (Å²) in [5.41, 5.74) is 1.80. The molecule has 5 nitrogen and oxygen atoms in total. The predicted molar refractivity (Wildman–Crippen MR) is 89.6 cm³/mol. The average Bonchev–Trinajstić information content (AvgIpc) is 2.55. The van der Waals surface area contributed by atoms with Gasteiger partial charge in [-0.15, -0.1) is 0 Å². The van der Waals surface area contributed by atoms with Crippen LogP contribution in [0.1, 0.15) is 30.9 Å². The van der Waals surface area contributed by atoms with E-state index in [0.717, 1.165) is 16.9 Å². The van der Waals surface area contributed by atoms with Crippen molar-refractivity contribution < 1.29 is 14.3 Å². The number of nitrogens with one attached hydrogen (secondary N) is 1. The molecule has 2 amide bonds. The molecule has 1 aromatic rings. The zero-order valence-corrected chi connectivity index (χ0v) is 14.6. The van der Waals surface area contributed by atoms with Gasteiger partial charge in [0.15, 0.2) is 0 Å². The first kappa shape index (κ1) is 17.6. The van der Waals surface area contributed by atoms with E-state index in [2.05, 4.69) is 5.32 Å². The van der Waals surface area contributed by atoms with Gasteiger partial charge in [-0.3, -0.25) is 9.59 Å². The SMILES string of the molecule is COc1cc(C)c(Cl)cc1CNC(=O)C1CCN(C(C)=O)CC1. The lowest BCUT2D eigenvalue weighted by molar-refractivity contribution is -0.134.